The van der Waals surface area contributed by atoms with Crippen molar-refractivity contribution in [2.24, 2.45) is 4.99 Å². The van der Waals surface area contributed by atoms with Crippen LogP contribution in [0.2, 0.25) is 0 Å². The molecule has 1 rings (SSSR count). The molecule has 144 valence electrons. The van der Waals surface area contributed by atoms with Crippen molar-refractivity contribution in [3.05, 3.63) is 35.1 Å². The quantitative estimate of drug-likeness (QED) is 0.196. The number of alkyl halides is 3. The molecule has 1 aromatic rings. The molecule has 0 radical (unpaired) electrons. The summed E-state index contributed by atoms with van der Waals surface area (Å²) in [4.78, 5) is 3.95. The van der Waals surface area contributed by atoms with Crippen LogP contribution in [-0.4, -0.2) is 32.8 Å². The number of benzene rings is 1. The molecule has 9 heteroatoms. The molecule has 4 nitrogen and oxygen atoms in total. The Morgan fingerprint density at radius 1 is 1.20 bits per heavy atom. The predicted octanol–water partition coefficient (Wildman–Crippen LogP) is 3.94. The van der Waals surface area contributed by atoms with Crippen LogP contribution in [0.5, 0.6) is 0 Å². The van der Waals surface area contributed by atoms with Crippen molar-refractivity contribution in [2.75, 3.05) is 26.8 Å². The Hall–Kier alpha value is -1.10. The van der Waals surface area contributed by atoms with E-state index >= 15 is 0 Å². The summed E-state index contributed by atoms with van der Waals surface area (Å²) in [7, 11) is 1.53. The minimum Gasteiger partial charge on any atom is -0.382 e. The molecule has 0 fully saturated rings. The number of hydrogen-bond acceptors (Lipinski definition) is 2. The Kier molecular flexibility index (Phi) is 11.7. The van der Waals surface area contributed by atoms with Gasteiger partial charge in [0.1, 0.15) is 5.82 Å². The number of aliphatic imine (C=N–C) groups is 1. The van der Waals surface area contributed by atoms with Gasteiger partial charge in [0.2, 0.25) is 0 Å². The molecule has 0 saturated carbocycles. The Morgan fingerprint density at radius 3 is 2.52 bits per heavy atom. The van der Waals surface area contributed by atoms with Gasteiger partial charge in [0.15, 0.2) is 5.96 Å². The summed E-state index contributed by atoms with van der Waals surface area (Å²) in [5.41, 5.74) is -1.02. The molecule has 0 saturated heterocycles. The number of nitrogens with one attached hydrogen (secondary N) is 2. The molecule has 0 heterocycles. The van der Waals surface area contributed by atoms with Gasteiger partial charge in [-0.2, -0.15) is 13.2 Å². The minimum atomic E-state index is -4.60. The van der Waals surface area contributed by atoms with E-state index in [4.69, 9.17) is 4.74 Å². The Morgan fingerprint density at radius 2 is 1.92 bits per heavy atom. The lowest BCUT2D eigenvalue weighted by atomic mass is 10.1. The summed E-state index contributed by atoms with van der Waals surface area (Å²) in [5, 5.41) is 5.82. The maximum atomic E-state index is 13.1. The van der Waals surface area contributed by atoms with Crippen molar-refractivity contribution in [1.29, 1.82) is 0 Å². The van der Waals surface area contributed by atoms with Gasteiger partial charge in [0.25, 0.3) is 0 Å². The lowest BCUT2D eigenvalue weighted by Gasteiger charge is -2.16. The molecule has 25 heavy (non-hydrogen) atoms. The normalized spacial score (nSPS) is 11.8. The number of unbranched alkanes of at least 4 members (excludes halogenated alkanes) is 1. The molecular formula is C16H24F4IN3O. The summed E-state index contributed by atoms with van der Waals surface area (Å²) in [6, 6.07) is 2.64. The van der Waals surface area contributed by atoms with E-state index in [1.165, 1.54) is 7.05 Å². The fraction of sp³-hybridized carbons (Fsp3) is 0.562. The van der Waals surface area contributed by atoms with Crippen LogP contribution in [0.1, 0.15) is 30.9 Å². The van der Waals surface area contributed by atoms with E-state index in [0.717, 1.165) is 25.0 Å². The highest BCUT2D eigenvalue weighted by Gasteiger charge is 2.33. The van der Waals surface area contributed by atoms with E-state index in [9.17, 15) is 17.6 Å². The molecule has 0 atom stereocenters. The van der Waals surface area contributed by atoms with Gasteiger partial charge in [-0.25, -0.2) is 4.39 Å². The summed E-state index contributed by atoms with van der Waals surface area (Å²) in [6.07, 6.45) is -2.87. The van der Waals surface area contributed by atoms with Crippen LogP contribution in [0.3, 0.4) is 0 Å². The van der Waals surface area contributed by atoms with Gasteiger partial charge < -0.3 is 15.4 Å². The molecule has 0 bridgehead atoms. The number of rotatable bonds is 8. The summed E-state index contributed by atoms with van der Waals surface area (Å²) in [6.45, 7) is 3.80. The fourth-order valence-electron chi connectivity index (χ4n) is 2.05. The molecule has 2 N–H and O–H groups in total. The number of halogens is 5. The van der Waals surface area contributed by atoms with Crippen molar-refractivity contribution in [1.82, 2.24) is 10.6 Å². The standard InChI is InChI=1S/C16H23F4N3O.HI/c1-3-24-9-5-4-8-22-15(21-2)23-11-12-6-7-13(17)10-14(12)16(18,19)20;/h6-7,10H,3-5,8-9,11H2,1-2H3,(H2,21,22,23);1H. The van der Waals surface area contributed by atoms with Crippen molar-refractivity contribution in [2.45, 2.75) is 32.5 Å². The molecule has 0 aliphatic heterocycles. The van der Waals surface area contributed by atoms with Gasteiger partial charge in [-0.05, 0) is 37.5 Å². The van der Waals surface area contributed by atoms with Crippen LogP contribution in [0, 0.1) is 5.82 Å². The third-order valence-electron chi connectivity index (χ3n) is 3.26. The Balaban J connectivity index is 0.00000576. The van der Waals surface area contributed by atoms with Gasteiger partial charge >= 0.3 is 6.18 Å². The highest BCUT2D eigenvalue weighted by molar-refractivity contribution is 14.0. The lowest BCUT2D eigenvalue weighted by Crippen LogP contribution is -2.37. The summed E-state index contributed by atoms with van der Waals surface area (Å²) < 4.78 is 57.1. The molecule has 0 amide bonds. The molecule has 1 aromatic carbocycles. The molecular weight excluding hydrogens is 453 g/mol. The van der Waals surface area contributed by atoms with Crippen LogP contribution in [-0.2, 0) is 17.5 Å². The van der Waals surface area contributed by atoms with E-state index in [0.29, 0.717) is 31.8 Å². The van der Waals surface area contributed by atoms with Crippen LogP contribution in [0.15, 0.2) is 23.2 Å². The third-order valence-corrected chi connectivity index (χ3v) is 3.26. The number of guanidine groups is 1. The number of nitrogens with zero attached hydrogens (tertiary/aromatic N) is 1. The van der Waals surface area contributed by atoms with E-state index < -0.39 is 17.6 Å². The Bertz CT molecular complexity index is 539. The van der Waals surface area contributed by atoms with Crippen molar-refractivity contribution in [3.63, 3.8) is 0 Å². The van der Waals surface area contributed by atoms with Crippen molar-refractivity contribution in [3.8, 4) is 0 Å². The van der Waals surface area contributed by atoms with Gasteiger partial charge in [-0.1, -0.05) is 6.07 Å². The van der Waals surface area contributed by atoms with Crippen LogP contribution >= 0.6 is 24.0 Å². The molecule has 0 aromatic heterocycles. The van der Waals surface area contributed by atoms with E-state index in [1.54, 1.807) is 0 Å². The minimum absolute atomic E-state index is 0. The van der Waals surface area contributed by atoms with Crippen LogP contribution < -0.4 is 10.6 Å². The first-order valence-corrected chi connectivity index (χ1v) is 7.76. The third kappa shape index (κ3) is 9.24. The van der Waals surface area contributed by atoms with Crippen molar-refractivity contribution >= 4 is 29.9 Å². The Labute approximate surface area is 162 Å². The first-order valence-electron chi connectivity index (χ1n) is 7.76. The first kappa shape index (κ1) is 23.9. The SMILES string of the molecule is CCOCCCCNC(=NC)NCc1ccc(F)cc1C(F)(F)F.I. The largest absolute Gasteiger partial charge is 0.416 e. The fourth-order valence-corrected chi connectivity index (χ4v) is 2.05. The van der Waals surface area contributed by atoms with E-state index in [2.05, 4.69) is 15.6 Å². The highest BCUT2D eigenvalue weighted by atomic mass is 127. The molecule has 0 spiro atoms. The molecule has 0 unspecified atom stereocenters. The lowest BCUT2D eigenvalue weighted by molar-refractivity contribution is -0.138. The molecule has 0 aliphatic rings. The topological polar surface area (TPSA) is 45.6 Å². The van der Waals surface area contributed by atoms with E-state index in [1.807, 2.05) is 6.92 Å². The highest BCUT2D eigenvalue weighted by Crippen LogP contribution is 2.32. The van der Waals surface area contributed by atoms with Crippen LogP contribution in [0.25, 0.3) is 0 Å². The second-order valence-corrected chi connectivity index (χ2v) is 5.06. The second kappa shape index (κ2) is 12.3. The number of ether oxygens (including phenoxy) is 1. The monoisotopic (exact) mass is 477 g/mol. The van der Waals surface area contributed by atoms with Crippen molar-refractivity contribution < 1.29 is 22.3 Å². The smallest absolute Gasteiger partial charge is 0.382 e. The zero-order valence-electron chi connectivity index (χ0n) is 14.3. The van der Waals surface area contributed by atoms with Crippen LogP contribution in [0.4, 0.5) is 17.6 Å². The van der Waals surface area contributed by atoms with Gasteiger partial charge in [0.05, 0.1) is 5.56 Å². The second-order valence-electron chi connectivity index (χ2n) is 5.06. The van der Waals surface area contributed by atoms with Gasteiger partial charge in [-0.3, -0.25) is 4.99 Å². The average molecular weight is 477 g/mol. The predicted molar refractivity (Wildman–Crippen MR) is 101 cm³/mol. The molecule has 0 aliphatic carbocycles. The van der Waals surface area contributed by atoms with Gasteiger partial charge in [-0.15, -0.1) is 24.0 Å². The number of hydrogen-bond donors (Lipinski definition) is 2. The maximum absolute atomic E-state index is 13.1. The summed E-state index contributed by atoms with van der Waals surface area (Å²) in [5.74, 6) is -0.522. The first-order chi connectivity index (χ1) is 11.4. The average Bonchev–Trinajstić information content (AvgIpc) is 2.53. The van der Waals surface area contributed by atoms with E-state index in [-0.39, 0.29) is 36.1 Å². The van der Waals surface area contributed by atoms with Gasteiger partial charge in [0, 0.05) is 33.4 Å². The maximum Gasteiger partial charge on any atom is 0.416 e. The summed E-state index contributed by atoms with van der Waals surface area (Å²) >= 11 is 0. The zero-order chi connectivity index (χ0) is 18.0. The zero-order valence-corrected chi connectivity index (χ0v) is 16.6.